The van der Waals surface area contributed by atoms with Gasteiger partial charge >= 0.3 is 0 Å². The lowest BCUT2D eigenvalue weighted by Gasteiger charge is -2.35. The highest BCUT2D eigenvalue weighted by Crippen LogP contribution is 2.14. The summed E-state index contributed by atoms with van der Waals surface area (Å²) in [6, 6.07) is 5.88. The maximum Gasteiger partial charge on any atom is 0.274 e. The number of pyridine rings is 1. The maximum atomic E-state index is 12.6. The van der Waals surface area contributed by atoms with Crippen molar-refractivity contribution >= 4 is 17.5 Å². The number of aromatic nitrogens is 3. The van der Waals surface area contributed by atoms with Gasteiger partial charge in [-0.2, -0.15) is 0 Å². The van der Waals surface area contributed by atoms with E-state index in [1.807, 2.05) is 23.1 Å². The molecular formula is C18H24N6O. The first kappa shape index (κ1) is 17.1. The van der Waals surface area contributed by atoms with E-state index in [2.05, 4.69) is 32.1 Å². The van der Waals surface area contributed by atoms with Crippen LogP contribution in [0.2, 0.25) is 0 Å². The number of carbonyl (C=O) groups is 1. The molecule has 0 aromatic carbocycles. The van der Waals surface area contributed by atoms with Gasteiger partial charge in [-0.05, 0) is 18.6 Å². The molecule has 1 fully saturated rings. The number of anilines is 2. The minimum absolute atomic E-state index is 0.0618. The van der Waals surface area contributed by atoms with Crippen LogP contribution in [0.3, 0.4) is 0 Å². The molecule has 3 heterocycles. The molecule has 1 aliphatic rings. The third-order valence-corrected chi connectivity index (χ3v) is 4.25. The van der Waals surface area contributed by atoms with E-state index in [1.54, 1.807) is 18.6 Å². The van der Waals surface area contributed by atoms with Crippen molar-refractivity contribution in [3.8, 4) is 0 Å². The summed E-state index contributed by atoms with van der Waals surface area (Å²) in [6.45, 7) is 5.87. The van der Waals surface area contributed by atoms with E-state index in [1.165, 1.54) is 0 Å². The van der Waals surface area contributed by atoms with Crippen LogP contribution in [0.1, 0.15) is 30.3 Å². The number of amides is 1. The van der Waals surface area contributed by atoms with Gasteiger partial charge in [0, 0.05) is 38.9 Å². The lowest BCUT2D eigenvalue weighted by molar-refractivity contribution is 0.0740. The summed E-state index contributed by atoms with van der Waals surface area (Å²) in [5, 5.41) is 3.20. The molecule has 2 aromatic rings. The van der Waals surface area contributed by atoms with Gasteiger partial charge in [-0.3, -0.25) is 4.79 Å². The van der Waals surface area contributed by atoms with Gasteiger partial charge in [-0.15, -0.1) is 0 Å². The summed E-state index contributed by atoms with van der Waals surface area (Å²) in [5.41, 5.74) is 0.396. The van der Waals surface area contributed by atoms with Crippen LogP contribution in [0.25, 0.3) is 0 Å². The Morgan fingerprint density at radius 3 is 2.60 bits per heavy atom. The van der Waals surface area contributed by atoms with Crippen molar-refractivity contribution < 1.29 is 4.79 Å². The van der Waals surface area contributed by atoms with E-state index in [-0.39, 0.29) is 5.91 Å². The normalized spacial score (nSPS) is 14.4. The number of carbonyl (C=O) groups excluding carboxylic acids is 1. The largest absolute Gasteiger partial charge is 0.369 e. The molecule has 3 rings (SSSR count). The Kier molecular flexibility index (Phi) is 5.77. The van der Waals surface area contributed by atoms with Crippen molar-refractivity contribution in [1.82, 2.24) is 19.9 Å². The highest BCUT2D eigenvalue weighted by atomic mass is 16.2. The molecule has 0 radical (unpaired) electrons. The van der Waals surface area contributed by atoms with E-state index >= 15 is 0 Å². The van der Waals surface area contributed by atoms with Gasteiger partial charge in [-0.25, -0.2) is 15.0 Å². The van der Waals surface area contributed by atoms with Gasteiger partial charge < -0.3 is 15.1 Å². The molecule has 1 N–H and O–H groups in total. The zero-order valence-corrected chi connectivity index (χ0v) is 14.6. The molecule has 0 aliphatic carbocycles. The summed E-state index contributed by atoms with van der Waals surface area (Å²) in [5.74, 6) is 1.61. The monoisotopic (exact) mass is 340 g/mol. The Labute approximate surface area is 148 Å². The predicted molar refractivity (Wildman–Crippen MR) is 97.8 cm³/mol. The molecular weight excluding hydrogens is 316 g/mol. The first-order valence-corrected chi connectivity index (χ1v) is 8.79. The number of unbranched alkanes of at least 4 members (excludes halogenated alkanes) is 1. The second-order valence-electron chi connectivity index (χ2n) is 6.03. The fourth-order valence-electron chi connectivity index (χ4n) is 2.76. The Morgan fingerprint density at radius 1 is 1.12 bits per heavy atom. The first-order chi connectivity index (χ1) is 12.3. The van der Waals surface area contributed by atoms with Gasteiger partial charge in [0.25, 0.3) is 5.91 Å². The molecule has 1 aliphatic heterocycles. The van der Waals surface area contributed by atoms with E-state index in [0.29, 0.717) is 24.6 Å². The van der Waals surface area contributed by atoms with Crippen molar-refractivity contribution in [3.05, 3.63) is 42.5 Å². The lowest BCUT2D eigenvalue weighted by atomic mass is 10.2. The van der Waals surface area contributed by atoms with E-state index < -0.39 is 0 Å². The fourth-order valence-corrected chi connectivity index (χ4v) is 2.76. The van der Waals surface area contributed by atoms with Crippen molar-refractivity contribution in [2.24, 2.45) is 0 Å². The molecule has 25 heavy (non-hydrogen) atoms. The molecule has 0 unspecified atom stereocenters. The smallest absolute Gasteiger partial charge is 0.274 e. The van der Waals surface area contributed by atoms with Crippen LogP contribution in [0.4, 0.5) is 11.6 Å². The Morgan fingerprint density at radius 2 is 1.96 bits per heavy atom. The third kappa shape index (κ3) is 4.43. The molecule has 0 saturated carbocycles. The summed E-state index contributed by atoms with van der Waals surface area (Å²) >= 11 is 0. The standard InChI is InChI=1S/C18H24N6O/c1-2-3-7-19-16-14-21-15(13-22-16)18(25)24-11-9-23(10-12-24)17-6-4-5-8-20-17/h4-6,8,13-14H,2-3,7,9-12H2,1H3,(H,19,22). The van der Waals surface area contributed by atoms with Gasteiger partial charge in [0.2, 0.25) is 0 Å². The number of hydrogen-bond acceptors (Lipinski definition) is 6. The average Bonchev–Trinajstić information content (AvgIpc) is 2.69. The zero-order valence-electron chi connectivity index (χ0n) is 14.6. The van der Waals surface area contributed by atoms with Crippen molar-refractivity contribution in [1.29, 1.82) is 0 Å². The van der Waals surface area contributed by atoms with Crippen LogP contribution >= 0.6 is 0 Å². The Balaban J connectivity index is 1.53. The topological polar surface area (TPSA) is 74.2 Å². The SMILES string of the molecule is CCCCNc1cnc(C(=O)N2CCN(c3ccccn3)CC2)cn1. The molecule has 2 aromatic heterocycles. The van der Waals surface area contributed by atoms with Crippen LogP contribution in [-0.2, 0) is 0 Å². The van der Waals surface area contributed by atoms with Crippen LogP contribution in [0, 0.1) is 0 Å². The van der Waals surface area contributed by atoms with Gasteiger partial charge in [-0.1, -0.05) is 19.4 Å². The second-order valence-corrected chi connectivity index (χ2v) is 6.03. The molecule has 0 bridgehead atoms. The van der Waals surface area contributed by atoms with Crippen LogP contribution in [-0.4, -0.2) is 58.5 Å². The minimum atomic E-state index is -0.0618. The number of piperazine rings is 1. The highest BCUT2D eigenvalue weighted by Gasteiger charge is 2.23. The zero-order chi connectivity index (χ0) is 17.5. The Hall–Kier alpha value is -2.70. The first-order valence-electron chi connectivity index (χ1n) is 8.79. The highest BCUT2D eigenvalue weighted by molar-refractivity contribution is 5.92. The molecule has 7 heteroatoms. The molecule has 0 atom stereocenters. The molecule has 1 amide bonds. The van der Waals surface area contributed by atoms with E-state index in [9.17, 15) is 4.79 Å². The van der Waals surface area contributed by atoms with Crippen molar-refractivity contribution in [2.75, 3.05) is 42.9 Å². The van der Waals surface area contributed by atoms with E-state index in [0.717, 1.165) is 38.3 Å². The van der Waals surface area contributed by atoms with Crippen LogP contribution in [0.5, 0.6) is 0 Å². The predicted octanol–water partition coefficient (Wildman–Crippen LogP) is 2.05. The van der Waals surface area contributed by atoms with Gasteiger partial charge in [0.1, 0.15) is 17.3 Å². The van der Waals surface area contributed by atoms with Gasteiger partial charge in [0.15, 0.2) is 0 Å². The number of nitrogens with zero attached hydrogens (tertiary/aromatic N) is 5. The fraction of sp³-hybridized carbons (Fsp3) is 0.444. The van der Waals surface area contributed by atoms with Crippen molar-refractivity contribution in [3.63, 3.8) is 0 Å². The second kappa shape index (κ2) is 8.41. The van der Waals surface area contributed by atoms with Crippen LogP contribution < -0.4 is 10.2 Å². The molecule has 0 spiro atoms. The Bertz CT molecular complexity index is 668. The summed E-state index contributed by atoms with van der Waals surface area (Å²) in [7, 11) is 0. The molecule has 1 saturated heterocycles. The minimum Gasteiger partial charge on any atom is -0.369 e. The summed E-state index contributed by atoms with van der Waals surface area (Å²) in [6.07, 6.45) is 7.19. The van der Waals surface area contributed by atoms with Gasteiger partial charge in [0.05, 0.1) is 12.4 Å². The summed E-state index contributed by atoms with van der Waals surface area (Å²) < 4.78 is 0. The van der Waals surface area contributed by atoms with Crippen molar-refractivity contribution in [2.45, 2.75) is 19.8 Å². The quantitative estimate of drug-likeness (QED) is 0.811. The number of nitrogens with one attached hydrogen (secondary N) is 1. The number of rotatable bonds is 6. The molecule has 132 valence electrons. The van der Waals surface area contributed by atoms with E-state index in [4.69, 9.17) is 0 Å². The summed E-state index contributed by atoms with van der Waals surface area (Å²) in [4.78, 5) is 29.5. The average molecular weight is 340 g/mol. The maximum absolute atomic E-state index is 12.6. The lowest BCUT2D eigenvalue weighted by Crippen LogP contribution is -2.49. The number of hydrogen-bond donors (Lipinski definition) is 1. The van der Waals surface area contributed by atoms with Crippen LogP contribution in [0.15, 0.2) is 36.8 Å². The molecule has 7 nitrogen and oxygen atoms in total. The third-order valence-electron chi connectivity index (χ3n) is 4.25.